The maximum Gasteiger partial charge on any atom is 0.421 e. The summed E-state index contributed by atoms with van der Waals surface area (Å²) in [5.41, 5.74) is -3.39. The lowest BCUT2D eigenvalue weighted by molar-refractivity contribution is -0.258. The normalized spacial score (nSPS) is 14.4. The fourth-order valence-corrected chi connectivity index (χ4v) is 3.96. The molecule has 0 amide bonds. The number of alkyl halides is 4. The van der Waals surface area contributed by atoms with Crippen LogP contribution in [-0.4, -0.2) is 26.4 Å². The Bertz CT molecular complexity index is 975. The van der Waals surface area contributed by atoms with Crippen molar-refractivity contribution in [2.45, 2.75) is 34.9 Å². The summed E-state index contributed by atoms with van der Waals surface area (Å²) >= 11 is 0. The van der Waals surface area contributed by atoms with Crippen molar-refractivity contribution >= 4 is 9.84 Å². The predicted octanol–water partition coefficient (Wildman–Crippen LogP) is 3.67. The fraction of sp³-hybridized carbons (Fsp3) is 0.278. The number of sulfone groups is 1. The number of nitriles is 1. The largest absolute Gasteiger partial charge is 0.421 e. The summed E-state index contributed by atoms with van der Waals surface area (Å²) in [4.78, 5) is -0.538. The number of hydrogen-bond acceptors (Lipinski definition) is 4. The van der Waals surface area contributed by atoms with Crippen molar-refractivity contribution in [3.8, 4) is 6.07 Å². The Hall–Kier alpha value is -2.44. The Balaban J connectivity index is 2.51. The lowest BCUT2D eigenvalue weighted by Crippen LogP contribution is -2.39. The summed E-state index contributed by atoms with van der Waals surface area (Å²) in [7, 11) is -4.15. The molecule has 4 nitrogen and oxygen atoms in total. The second-order valence-electron chi connectivity index (χ2n) is 5.97. The van der Waals surface area contributed by atoms with Gasteiger partial charge in [-0.2, -0.15) is 18.4 Å². The summed E-state index contributed by atoms with van der Waals surface area (Å²) in [5, 5.41) is 18.6. The molecule has 1 atom stereocenters. The lowest BCUT2D eigenvalue weighted by atomic mass is 9.96. The summed E-state index contributed by atoms with van der Waals surface area (Å²) in [6.07, 6.45) is -5.17. The minimum Gasteiger partial charge on any atom is -0.376 e. The van der Waals surface area contributed by atoms with Gasteiger partial charge in [0, 0.05) is 6.42 Å². The molecular weight excluding hydrogens is 386 g/mol. The first-order valence-electron chi connectivity index (χ1n) is 7.69. The Morgan fingerprint density at radius 1 is 1.11 bits per heavy atom. The van der Waals surface area contributed by atoms with Crippen molar-refractivity contribution in [2.24, 2.45) is 0 Å². The quantitative estimate of drug-likeness (QED) is 0.776. The van der Waals surface area contributed by atoms with Crippen LogP contribution in [0.15, 0.2) is 52.3 Å². The third-order valence-electron chi connectivity index (χ3n) is 4.12. The number of hydrogen-bond donors (Lipinski definition) is 1. The van der Waals surface area contributed by atoms with Crippen molar-refractivity contribution < 1.29 is 31.1 Å². The van der Waals surface area contributed by atoms with Gasteiger partial charge in [-0.25, -0.2) is 8.42 Å². The first-order chi connectivity index (χ1) is 12.4. The van der Waals surface area contributed by atoms with Gasteiger partial charge in [-0.1, -0.05) is 12.1 Å². The zero-order valence-corrected chi connectivity index (χ0v) is 14.9. The molecule has 2 rings (SSSR count). The van der Waals surface area contributed by atoms with Crippen LogP contribution in [0.25, 0.3) is 0 Å². The monoisotopic (exact) mass is 401 g/mol. The van der Waals surface area contributed by atoms with Crippen LogP contribution in [0.4, 0.5) is 17.6 Å². The van der Waals surface area contributed by atoms with Gasteiger partial charge in [-0.15, -0.1) is 0 Å². The first-order valence-corrected chi connectivity index (χ1v) is 9.17. The smallest absolute Gasteiger partial charge is 0.376 e. The van der Waals surface area contributed by atoms with E-state index in [1.165, 1.54) is 18.2 Å². The highest BCUT2D eigenvalue weighted by Crippen LogP contribution is 2.39. The van der Waals surface area contributed by atoms with Crippen molar-refractivity contribution in [3.63, 3.8) is 0 Å². The topological polar surface area (TPSA) is 78.2 Å². The van der Waals surface area contributed by atoms with Crippen LogP contribution in [0.2, 0.25) is 0 Å². The Labute approximate surface area is 153 Å². The van der Waals surface area contributed by atoms with Crippen LogP contribution < -0.4 is 0 Å². The van der Waals surface area contributed by atoms with Crippen LogP contribution in [0.1, 0.15) is 23.6 Å². The third-order valence-corrected chi connectivity index (χ3v) is 5.99. The van der Waals surface area contributed by atoms with Gasteiger partial charge in [0.1, 0.15) is 0 Å². The maximum atomic E-state index is 12.9. The van der Waals surface area contributed by atoms with Gasteiger partial charge in [0.2, 0.25) is 9.84 Å². The van der Waals surface area contributed by atoms with E-state index >= 15 is 0 Å². The van der Waals surface area contributed by atoms with E-state index in [0.29, 0.717) is 6.92 Å². The summed E-state index contributed by atoms with van der Waals surface area (Å²) < 4.78 is 77.1. The van der Waals surface area contributed by atoms with Gasteiger partial charge in [0.25, 0.3) is 0 Å². The van der Waals surface area contributed by atoms with Gasteiger partial charge in [-0.3, -0.25) is 4.39 Å². The Morgan fingerprint density at radius 2 is 1.70 bits per heavy atom. The van der Waals surface area contributed by atoms with Gasteiger partial charge in [0.15, 0.2) is 5.60 Å². The molecule has 2 aromatic rings. The van der Waals surface area contributed by atoms with Gasteiger partial charge < -0.3 is 5.11 Å². The van der Waals surface area contributed by atoms with Gasteiger partial charge >= 0.3 is 6.18 Å². The van der Waals surface area contributed by atoms with E-state index in [9.17, 15) is 31.1 Å². The second kappa shape index (κ2) is 7.29. The lowest BCUT2D eigenvalue weighted by Gasteiger charge is -2.26. The molecule has 0 fully saturated rings. The Kier molecular flexibility index (Phi) is 5.63. The van der Waals surface area contributed by atoms with E-state index < -0.39 is 33.9 Å². The Morgan fingerprint density at radius 3 is 2.19 bits per heavy atom. The first kappa shape index (κ1) is 20.9. The molecule has 0 bridgehead atoms. The van der Waals surface area contributed by atoms with Crippen molar-refractivity contribution in [3.05, 3.63) is 59.2 Å². The maximum absolute atomic E-state index is 12.9. The fourth-order valence-electron chi connectivity index (χ4n) is 2.46. The van der Waals surface area contributed by atoms with Crippen LogP contribution in [-0.2, 0) is 21.9 Å². The number of rotatable bonds is 5. The van der Waals surface area contributed by atoms with Gasteiger partial charge in [0.05, 0.1) is 28.1 Å². The minimum atomic E-state index is -4.94. The number of nitrogens with zero attached hydrogens (tertiary/aromatic N) is 1. The molecule has 0 aliphatic heterocycles. The molecule has 27 heavy (non-hydrogen) atoms. The van der Waals surface area contributed by atoms with E-state index in [4.69, 9.17) is 5.26 Å². The van der Waals surface area contributed by atoms with Crippen molar-refractivity contribution in [2.75, 3.05) is 6.67 Å². The van der Waals surface area contributed by atoms with E-state index in [1.807, 2.05) is 6.07 Å². The van der Waals surface area contributed by atoms with Crippen molar-refractivity contribution in [1.82, 2.24) is 0 Å². The highest BCUT2D eigenvalue weighted by Gasteiger charge is 2.51. The van der Waals surface area contributed by atoms with E-state index in [1.54, 1.807) is 0 Å². The summed E-state index contributed by atoms with van der Waals surface area (Å²) in [5.74, 6) is 0. The third kappa shape index (κ3) is 3.96. The van der Waals surface area contributed by atoms with E-state index in [0.717, 1.165) is 24.3 Å². The molecule has 9 heteroatoms. The highest BCUT2D eigenvalue weighted by molar-refractivity contribution is 7.91. The van der Waals surface area contributed by atoms with E-state index in [-0.39, 0.29) is 27.3 Å². The molecule has 0 saturated carbocycles. The molecule has 0 radical (unpaired) electrons. The second-order valence-corrected chi connectivity index (χ2v) is 7.89. The van der Waals surface area contributed by atoms with Crippen LogP contribution in [0, 0.1) is 11.3 Å². The number of aryl methyl sites for hydroxylation is 1. The average Bonchev–Trinajstić information content (AvgIpc) is 2.61. The van der Waals surface area contributed by atoms with Crippen molar-refractivity contribution in [1.29, 1.82) is 5.26 Å². The molecule has 144 valence electrons. The number of aliphatic hydroxyl groups is 1. The molecule has 1 N–H and O–H groups in total. The van der Waals surface area contributed by atoms with Crippen LogP contribution in [0.5, 0.6) is 0 Å². The van der Waals surface area contributed by atoms with Gasteiger partial charge in [-0.05, 0) is 48.4 Å². The van der Waals surface area contributed by atoms with Crippen LogP contribution in [0.3, 0.4) is 0 Å². The standard InChI is InChI=1S/C18H15F4NO3S/c1-17(24,18(20,21)22)14-3-5-15(6-4-14)27(25,26)16-7-2-12(11-23)10-13(16)8-9-19/h2-7,10,24H,8-9H2,1H3. The zero-order chi connectivity index (χ0) is 20.5. The predicted molar refractivity (Wildman–Crippen MR) is 88.4 cm³/mol. The molecular formula is C18H15F4NO3S. The highest BCUT2D eigenvalue weighted by atomic mass is 32.2. The number of benzene rings is 2. The van der Waals surface area contributed by atoms with E-state index in [2.05, 4.69) is 0 Å². The molecule has 0 saturated heterocycles. The SMILES string of the molecule is CC(O)(c1ccc(S(=O)(=O)c2ccc(C#N)cc2CCF)cc1)C(F)(F)F. The zero-order valence-electron chi connectivity index (χ0n) is 14.1. The summed E-state index contributed by atoms with van der Waals surface area (Å²) in [6.45, 7) is -0.277. The molecule has 2 aromatic carbocycles. The summed E-state index contributed by atoms with van der Waals surface area (Å²) in [6, 6.07) is 9.16. The average molecular weight is 401 g/mol. The van der Waals surface area contributed by atoms with Crippen LogP contribution >= 0.6 is 0 Å². The minimum absolute atomic E-state index is 0.0999. The molecule has 0 aromatic heterocycles. The molecule has 0 heterocycles. The molecule has 0 aliphatic rings. The number of halogens is 4. The molecule has 1 unspecified atom stereocenters. The molecule has 0 spiro atoms. The molecule has 0 aliphatic carbocycles.